The Morgan fingerprint density at radius 1 is 1.36 bits per heavy atom. The lowest BCUT2D eigenvalue weighted by molar-refractivity contribution is -0.147. The van der Waals surface area contributed by atoms with Crippen LogP contribution in [0.4, 0.5) is 4.79 Å². The van der Waals surface area contributed by atoms with Gasteiger partial charge in [0.2, 0.25) is 11.8 Å². The van der Waals surface area contributed by atoms with Crippen LogP contribution in [0.5, 0.6) is 0 Å². The van der Waals surface area contributed by atoms with Crippen LogP contribution in [0.25, 0.3) is 0 Å². The average Bonchev–Trinajstić information content (AvgIpc) is 2.46. The fourth-order valence-corrected chi connectivity index (χ4v) is 2.56. The average molecular weight is 343 g/mol. The summed E-state index contributed by atoms with van der Waals surface area (Å²) in [5.41, 5.74) is 0.135. The predicted octanol–water partition coefficient (Wildman–Crippen LogP) is 1.91. The van der Waals surface area contributed by atoms with Crippen LogP contribution in [0.15, 0.2) is 30.9 Å². The fourth-order valence-electron chi connectivity index (χ4n) is 2.14. The number of aliphatic hydroxyl groups excluding tert-OH is 1. The summed E-state index contributed by atoms with van der Waals surface area (Å²) in [5, 5.41) is 12.6. The molecule has 6 nitrogen and oxygen atoms in total. The molecule has 2 N–H and O–H groups in total. The van der Waals surface area contributed by atoms with Crippen LogP contribution in [0.1, 0.15) is 11.7 Å². The molecule has 2 atom stereocenters. The first-order chi connectivity index (χ1) is 10.4. The van der Waals surface area contributed by atoms with E-state index in [1.807, 2.05) is 5.32 Å². The molecule has 0 aliphatic carbocycles. The van der Waals surface area contributed by atoms with E-state index in [4.69, 9.17) is 23.2 Å². The largest absolute Gasteiger partial charge is 0.387 e. The maximum atomic E-state index is 12.3. The van der Waals surface area contributed by atoms with E-state index in [0.717, 1.165) is 4.90 Å². The van der Waals surface area contributed by atoms with Gasteiger partial charge in [0, 0.05) is 12.1 Å². The number of aliphatic hydroxyl groups is 1. The van der Waals surface area contributed by atoms with Gasteiger partial charge >= 0.3 is 6.03 Å². The standard InChI is InChI=1S/C14H12Cl2N2O4/c1-2-6-18-13(21)9(12(20)17-14(18)22)11(19)7-4-3-5-8(15)10(7)16/h2-5,9,11,19H,1,6H2,(H,17,20,22)/t9-,11+/m0/s1. The lowest BCUT2D eigenvalue weighted by Crippen LogP contribution is -2.59. The Balaban J connectivity index is 2.38. The Bertz CT molecular complexity index is 662. The van der Waals surface area contributed by atoms with Gasteiger partial charge in [0.15, 0.2) is 0 Å². The minimum atomic E-state index is -1.53. The number of halogens is 2. The first-order valence-electron chi connectivity index (χ1n) is 6.27. The molecule has 22 heavy (non-hydrogen) atoms. The molecule has 1 saturated heterocycles. The zero-order valence-corrected chi connectivity index (χ0v) is 12.8. The van der Waals surface area contributed by atoms with Gasteiger partial charge in [-0.25, -0.2) is 4.79 Å². The molecular formula is C14H12Cl2N2O4. The number of benzene rings is 1. The number of hydrogen-bond acceptors (Lipinski definition) is 4. The normalized spacial score (nSPS) is 19.9. The molecule has 116 valence electrons. The van der Waals surface area contributed by atoms with Crippen LogP contribution in [-0.4, -0.2) is 34.4 Å². The summed E-state index contributed by atoms with van der Waals surface area (Å²) in [6.07, 6.45) is -0.192. The predicted molar refractivity (Wildman–Crippen MR) is 80.4 cm³/mol. The monoisotopic (exact) mass is 342 g/mol. The number of urea groups is 1. The SMILES string of the molecule is C=CCN1C(=O)NC(=O)[C@H]([C@H](O)c2cccc(Cl)c2Cl)C1=O. The Morgan fingerprint density at radius 2 is 2.05 bits per heavy atom. The first kappa shape index (κ1) is 16.5. The summed E-state index contributed by atoms with van der Waals surface area (Å²) in [6, 6.07) is 3.64. The van der Waals surface area contributed by atoms with Crippen LogP contribution < -0.4 is 5.32 Å². The third-order valence-electron chi connectivity index (χ3n) is 3.22. The molecule has 0 spiro atoms. The van der Waals surface area contributed by atoms with Crippen molar-refractivity contribution in [3.05, 3.63) is 46.5 Å². The highest BCUT2D eigenvalue weighted by molar-refractivity contribution is 6.42. The maximum Gasteiger partial charge on any atom is 0.331 e. The third kappa shape index (κ3) is 2.85. The number of amides is 4. The van der Waals surface area contributed by atoms with E-state index in [0.29, 0.717) is 0 Å². The summed E-state index contributed by atoms with van der Waals surface area (Å²) in [7, 11) is 0. The maximum absolute atomic E-state index is 12.3. The summed E-state index contributed by atoms with van der Waals surface area (Å²) in [6.45, 7) is 3.36. The molecule has 4 amide bonds. The molecule has 1 heterocycles. The molecule has 8 heteroatoms. The van der Waals surface area contributed by atoms with Gasteiger partial charge in [-0.15, -0.1) is 6.58 Å². The number of rotatable bonds is 4. The van der Waals surface area contributed by atoms with E-state index in [2.05, 4.69) is 6.58 Å². The molecule has 1 aliphatic heterocycles. The Labute approximate surface area is 136 Å². The van der Waals surface area contributed by atoms with Crippen LogP contribution in [0.3, 0.4) is 0 Å². The van der Waals surface area contributed by atoms with Crippen molar-refractivity contribution in [2.45, 2.75) is 6.10 Å². The van der Waals surface area contributed by atoms with E-state index < -0.39 is 29.9 Å². The van der Waals surface area contributed by atoms with Gasteiger partial charge in [0.25, 0.3) is 0 Å². The van der Waals surface area contributed by atoms with E-state index in [1.165, 1.54) is 24.3 Å². The van der Waals surface area contributed by atoms with Crippen molar-refractivity contribution in [3.8, 4) is 0 Å². The van der Waals surface area contributed by atoms with Gasteiger partial charge in [0.05, 0.1) is 10.0 Å². The molecule has 0 saturated carbocycles. The minimum absolute atomic E-state index is 0.0458. The second-order valence-electron chi connectivity index (χ2n) is 4.60. The molecule has 1 aromatic rings. The molecule has 1 aromatic carbocycles. The lowest BCUT2D eigenvalue weighted by Gasteiger charge is -2.32. The van der Waals surface area contributed by atoms with Gasteiger partial charge in [0.1, 0.15) is 12.0 Å². The highest BCUT2D eigenvalue weighted by Gasteiger charge is 2.45. The Hall–Kier alpha value is -1.89. The van der Waals surface area contributed by atoms with Crippen molar-refractivity contribution >= 4 is 41.0 Å². The summed E-state index contributed by atoms with van der Waals surface area (Å²) < 4.78 is 0. The fraction of sp³-hybridized carbons (Fsp3) is 0.214. The second kappa shape index (κ2) is 6.48. The smallest absolute Gasteiger partial charge is 0.331 e. The quantitative estimate of drug-likeness (QED) is 0.646. The zero-order valence-electron chi connectivity index (χ0n) is 11.3. The zero-order chi connectivity index (χ0) is 16.4. The molecule has 0 bridgehead atoms. The van der Waals surface area contributed by atoms with Gasteiger partial charge in [-0.05, 0) is 6.07 Å². The van der Waals surface area contributed by atoms with Crippen LogP contribution >= 0.6 is 23.2 Å². The van der Waals surface area contributed by atoms with Crippen LogP contribution in [0.2, 0.25) is 10.0 Å². The topological polar surface area (TPSA) is 86.7 Å². The highest BCUT2D eigenvalue weighted by Crippen LogP contribution is 2.34. The van der Waals surface area contributed by atoms with Gasteiger partial charge < -0.3 is 5.11 Å². The summed E-state index contributed by atoms with van der Waals surface area (Å²) >= 11 is 11.9. The molecule has 0 aromatic heterocycles. The van der Waals surface area contributed by atoms with Gasteiger partial charge in [-0.3, -0.25) is 19.8 Å². The second-order valence-corrected chi connectivity index (χ2v) is 5.38. The van der Waals surface area contributed by atoms with Crippen molar-refractivity contribution in [3.63, 3.8) is 0 Å². The first-order valence-corrected chi connectivity index (χ1v) is 7.03. The molecular weight excluding hydrogens is 331 g/mol. The van der Waals surface area contributed by atoms with E-state index in [1.54, 1.807) is 0 Å². The van der Waals surface area contributed by atoms with E-state index in [9.17, 15) is 19.5 Å². The number of hydrogen-bond donors (Lipinski definition) is 2. The van der Waals surface area contributed by atoms with Crippen molar-refractivity contribution in [2.75, 3.05) is 6.54 Å². The number of carbonyl (C=O) groups excluding carboxylic acids is 3. The van der Waals surface area contributed by atoms with Crippen molar-refractivity contribution < 1.29 is 19.5 Å². The number of nitrogens with zero attached hydrogens (tertiary/aromatic N) is 1. The third-order valence-corrected chi connectivity index (χ3v) is 4.05. The number of nitrogens with one attached hydrogen (secondary N) is 1. The molecule has 0 radical (unpaired) electrons. The van der Waals surface area contributed by atoms with Crippen LogP contribution in [0, 0.1) is 5.92 Å². The Morgan fingerprint density at radius 3 is 2.68 bits per heavy atom. The summed E-state index contributed by atoms with van der Waals surface area (Å²) in [4.78, 5) is 36.7. The lowest BCUT2D eigenvalue weighted by atomic mass is 9.92. The van der Waals surface area contributed by atoms with Crippen LogP contribution in [-0.2, 0) is 9.59 Å². The molecule has 1 aliphatic rings. The molecule has 0 unspecified atom stereocenters. The Kier molecular flexibility index (Phi) is 4.85. The highest BCUT2D eigenvalue weighted by atomic mass is 35.5. The number of carbonyl (C=O) groups is 3. The number of barbiturate groups is 1. The van der Waals surface area contributed by atoms with Crippen molar-refractivity contribution in [2.24, 2.45) is 5.92 Å². The molecule has 2 rings (SSSR count). The summed E-state index contributed by atoms with van der Waals surface area (Å²) in [5.74, 6) is -3.20. The van der Waals surface area contributed by atoms with Crippen molar-refractivity contribution in [1.29, 1.82) is 0 Å². The van der Waals surface area contributed by atoms with E-state index in [-0.39, 0.29) is 22.2 Å². The van der Waals surface area contributed by atoms with E-state index >= 15 is 0 Å². The number of imide groups is 2. The van der Waals surface area contributed by atoms with Gasteiger partial charge in [-0.2, -0.15) is 0 Å². The molecule has 1 fully saturated rings. The minimum Gasteiger partial charge on any atom is -0.387 e. The van der Waals surface area contributed by atoms with Gasteiger partial charge in [-0.1, -0.05) is 41.4 Å². The van der Waals surface area contributed by atoms with Crippen molar-refractivity contribution in [1.82, 2.24) is 10.2 Å².